The number of carbonyl (C=O) groups excluding carboxylic acids is 1. The van der Waals surface area contributed by atoms with Gasteiger partial charge >= 0.3 is 12.0 Å². The summed E-state index contributed by atoms with van der Waals surface area (Å²) < 4.78 is 0. The lowest BCUT2D eigenvalue weighted by atomic mass is 10.2. The summed E-state index contributed by atoms with van der Waals surface area (Å²) in [6.07, 6.45) is 2.92. The number of aliphatic carboxylic acids is 1. The molecule has 1 aliphatic heterocycles. The molecule has 1 heterocycles. The first kappa shape index (κ1) is 15.5. The van der Waals surface area contributed by atoms with Crippen LogP contribution in [-0.4, -0.2) is 64.1 Å². The number of hydrogen-bond acceptors (Lipinski definition) is 4. The second-order valence-corrected chi connectivity index (χ2v) is 6.39. The first-order valence-corrected chi connectivity index (χ1v) is 8.47. The van der Waals surface area contributed by atoms with Gasteiger partial charge in [-0.1, -0.05) is 0 Å². The van der Waals surface area contributed by atoms with Gasteiger partial charge < -0.3 is 15.3 Å². The number of carboxylic acid groups (broad SMARTS) is 1. The van der Waals surface area contributed by atoms with Gasteiger partial charge in [0.1, 0.15) is 6.04 Å². The van der Waals surface area contributed by atoms with Gasteiger partial charge in [-0.2, -0.15) is 23.5 Å². The van der Waals surface area contributed by atoms with Gasteiger partial charge in [0.05, 0.1) is 0 Å². The van der Waals surface area contributed by atoms with Crippen LogP contribution in [0, 0.1) is 0 Å². The summed E-state index contributed by atoms with van der Waals surface area (Å²) in [5.41, 5.74) is 0. The third-order valence-electron chi connectivity index (χ3n) is 2.80. The predicted molar refractivity (Wildman–Crippen MR) is 76.4 cm³/mol. The molecule has 0 spiro atoms. The lowest BCUT2D eigenvalue weighted by molar-refractivity contribution is -0.141. The number of nitrogens with zero attached hydrogens (tertiary/aromatic N) is 1. The number of carboxylic acids is 1. The molecule has 0 aliphatic carbocycles. The molecule has 1 fully saturated rings. The Balaban J connectivity index is 2.50. The summed E-state index contributed by atoms with van der Waals surface area (Å²) in [5, 5.41) is 12.0. The number of thioether (sulfide) groups is 2. The highest BCUT2D eigenvalue weighted by molar-refractivity contribution is 7.99. The molecule has 2 unspecified atom stereocenters. The number of urea groups is 1. The highest BCUT2D eigenvalue weighted by Crippen LogP contribution is 2.17. The fraction of sp³-hybridized carbons (Fsp3) is 0.818. The highest BCUT2D eigenvalue weighted by atomic mass is 32.2. The molecule has 1 aliphatic rings. The Morgan fingerprint density at radius 2 is 2.33 bits per heavy atom. The van der Waals surface area contributed by atoms with Crippen LogP contribution in [0.2, 0.25) is 0 Å². The molecule has 2 amide bonds. The van der Waals surface area contributed by atoms with Crippen molar-refractivity contribution in [3.63, 3.8) is 0 Å². The molecule has 0 aromatic heterocycles. The molecule has 0 aromatic carbocycles. The fourth-order valence-electron chi connectivity index (χ4n) is 1.71. The van der Waals surface area contributed by atoms with Gasteiger partial charge in [-0.15, -0.1) is 0 Å². The number of carbonyl (C=O) groups is 2. The van der Waals surface area contributed by atoms with Crippen LogP contribution >= 0.6 is 23.5 Å². The summed E-state index contributed by atoms with van der Waals surface area (Å²) in [7, 11) is 0. The van der Waals surface area contributed by atoms with E-state index in [0.717, 1.165) is 17.9 Å². The average Bonchev–Trinajstić information content (AvgIpc) is 2.36. The normalized spacial score (nSPS) is 21.4. The molecular formula is C11H20N2O3S2. The monoisotopic (exact) mass is 292 g/mol. The zero-order valence-corrected chi connectivity index (χ0v) is 12.4. The molecule has 2 N–H and O–H groups in total. The Bertz CT molecular complexity index is 302. The summed E-state index contributed by atoms with van der Waals surface area (Å²) in [6.45, 7) is 2.45. The zero-order chi connectivity index (χ0) is 13.5. The zero-order valence-electron chi connectivity index (χ0n) is 10.7. The molecule has 0 radical (unpaired) electrons. The maximum absolute atomic E-state index is 12.0. The van der Waals surface area contributed by atoms with Gasteiger partial charge in [0.2, 0.25) is 0 Å². The van der Waals surface area contributed by atoms with Crippen LogP contribution in [0.4, 0.5) is 4.79 Å². The van der Waals surface area contributed by atoms with Crippen molar-refractivity contribution >= 4 is 35.5 Å². The Kier molecular flexibility index (Phi) is 6.70. The first-order valence-electron chi connectivity index (χ1n) is 5.93. The van der Waals surface area contributed by atoms with Crippen LogP contribution in [0.15, 0.2) is 0 Å². The van der Waals surface area contributed by atoms with Crippen molar-refractivity contribution in [2.45, 2.75) is 25.4 Å². The average molecular weight is 292 g/mol. The molecule has 7 heteroatoms. The van der Waals surface area contributed by atoms with Crippen molar-refractivity contribution < 1.29 is 14.7 Å². The van der Waals surface area contributed by atoms with Crippen LogP contribution < -0.4 is 5.32 Å². The molecule has 0 bridgehead atoms. The van der Waals surface area contributed by atoms with Crippen LogP contribution in [-0.2, 0) is 4.79 Å². The van der Waals surface area contributed by atoms with Crippen molar-refractivity contribution in [1.29, 1.82) is 0 Å². The predicted octanol–water partition coefficient (Wildman–Crippen LogP) is 1.34. The summed E-state index contributed by atoms with van der Waals surface area (Å²) in [4.78, 5) is 24.5. The molecule has 5 nitrogen and oxygen atoms in total. The fourth-order valence-corrected chi connectivity index (χ4v) is 3.34. The van der Waals surface area contributed by atoms with Gasteiger partial charge in [0.15, 0.2) is 0 Å². The smallest absolute Gasteiger partial charge is 0.327 e. The SMILES string of the molecule is CSCCC(C)NC(=O)N1CCSCC1C(=O)O. The van der Waals surface area contributed by atoms with Crippen LogP contribution in [0.5, 0.6) is 0 Å². The van der Waals surface area contributed by atoms with E-state index in [2.05, 4.69) is 5.32 Å². The summed E-state index contributed by atoms with van der Waals surface area (Å²) in [5.74, 6) is 1.34. The molecule has 2 atom stereocenters. The van der Waals surface area contributed by atoms with E-state index in [1.807, 2.05) is 13.2 Å². The highest BCUT2D eigenvalue weighted by Gasteiger charge is 2.32. The van der Waals surface area contributed by atoms with Crippen molar-refractivity contribution in [1.82, 2.24) is 10.2 Å². The standard InChI is InChI=1S/C11H20N2O3S2/c1-8(3-5-17-2)12-11(16)13-4-6-18-7-9(13)10(14)15/h8-9H,3-7H2,1-2H3,(H,12,16)(H,14,15). The van der Waals surface area contributed by atoms with Gasteiger partial charge in [0, 0.05) is 24.1 Å². The van der Waals surface area contributed by atoms with Gasteiger partial charge in [-0.05, 0) is 25.4 Å². The maximum atomic E-state index is 12.0. The Hall–Kier alpha value is -0.560. The van der Waals surface area contributed by atoms with Crippen LogP contribution in [0.1, 0.15) is 13.3 Å². The first-order chi connectivity index (χ1) is 8.56. The number of amides is 2. The number of hydrogen-bond donors (Lipinski definition) is 2. The quantitative estimate of drug-likeness (QED) is 0.800. The van der Waals surface area contributed by atoms with Gasteiger partial charge in [0.25, 0.3) is 0 Å². The van der Waals surface area contributed by atoms with Crippen molar-refractivity contribution in [3.05, 3.63) is 0 Å². The summed E-state index contributed by atoms with van der Waals surface area (Å²) >= 11 is 3.32. The van der Waals surface area contributed by atoms with E-state index in [0.29, 0.717) is 12.3 Å². The lowest BCUT2D eigenvalue weighted by Gasteiger charge is -2.33. The minimum atomic E-state index is -0.922. The third kappa shape index (κ3) is 4.61. The molecule has 0 aromatic rings. The Morgan fingerprint density at radius 1 is 1.61 bits per heavy atom. The van der Waals surface area contributed by atoms with Crippen molar-refractivity contribution in [2.24, 2.45) is 0 Å². The van der Waals surface area contributed by atoms with E-state index in [9.17, 15) is 9.59 Å². The molecule has 1 saturated heterocycles. The molecular weight excluding hydrogens is 272 g/mol. The van der Waals surface area contributed by atoms with E-state index in [-0.39, 0.29) is 12.1 Å². The maximum Gasteiger partial charge on any atom is 0.327 e. The Labute approximate surface area is 116 Å². The van der Waals surface area contributed by atoms with Crippen LogP contribution in [0.3, 0.4) is 0 Å². The van der Waals surface area contributed by atoms with E-state index in [1.54, 1.807) is 23.5 Å². The topological polar surface area (TPSA) is 69.6 Å². The molecule has 104 valence electrons. The molecule has 18 heavy (non-hydrogen) atoms. The lowest BCUT2D eigenvalue weighted by Crippen LogP contribution is -2.55. The van der Waals surface area contributed by atoms with Crippen LogP contribution in [0.25, 0.3) is 0 Å². The molecule has 0 saturated carbocycles. The van der Waals surface area contributed by atoms with E-state index in [4.69, 9.17) is 5.11 Å². The third-order valence-corrected chi connectivity index (χ3v) is 4.47. The van der Waals surface area contributed by atoms with Gasteiger partial charge in [-0.3, -0.25) is 0 Å². The van der Waals surface area contributed by atoms with E-state index >= 15 is 0 Å². The molecule has 1 rings (SSSR count). The number of rotatable bonds is 5. The van der Waals surface area contributed by atoms with Gasteiger partial charge in [-0.25, -0.2) is 9.59 Å². The minimum absolute atomic E-state index is 0.0778. The second-order valence-electron chi connectivity index (χ2n) is 4.25. The largest absolute Gasteiger partial charge is 0.480 e. The minimum Gasteiger partial charge on any atom is -0.480 e. The van der Waals surface area contributed by atoms with E-state index in [1.165, 1.54) is 4.90 Å². The van der Waals surface area contributed by atoms with E-state index < -0.39 is 12.0 Å². The van der Waals surface area contributed by atoms with Crippen molar-refractivity contribution in [3.8, 4) is 0 Å². The van der Waals surface area contributed by atoms with Crippen molar-refractivity contribution in [2.75, 3.05) is 30.1 Å². The number of nitrogens with one attached hydrogen (secondary N) is 1. The Morgan fingerprint density at radius 3 is 2.94 bits per heavy atom. The second kappa shape index (κ2) is 7.78. The summed E-state index contributed by atoms with van der Waals surface area (Å²) in [6, 6.07) is -0.873.